The molecular formula is C9H14BrNO3S2. The minimum atomic E-state index is -3.31. The molecule has 0 fully saturated rings. The maximum Gasteiger partial charge on any atom is 0.250 e. The second kappa shape index (κ2) is 7.39. The SMILES string of the molecule is O=S(=O)(NCCCOCCBr)c1cccs1. The largest absolute Gasteiger partial charge is 0.381 e. The molecule has 1 rings (SSSR count). The molecular weight excluding hydrogens is 314 g/mol. The monoisotopic (exact) mass is 327 g/mol. The number of rotatable bonds is 8. The predicted octanol–water partition coefficient (Wildman–Crippen LogP) is 1.83. The van der Waals surface area contributed by atoms with Crippen LogP contribution in [0.4, 0.5) is 0 Å². The number of ether oxygens (including phenoxy) is 1. The second-order valence-corrected chi connectivity index (χ2v) is 6.72. The maximum absolute atomic E-state index is 11.6. The Bertz CT molecular complexity index is 377. The van der Waals surface area contributed by atoms with Crippen LogP contribution in [0.2, 0.25) is 0 Å². The minimum absolute atomic E-state index is 0.355. The van der Waals surface area contributed by atoms with Crippen molar-refractivity contribution in [3.05, 3.63) is 17.5 Å². The quantitative estimate of drug-likeness (QED) is 0.585. The molecule has 7 heteroatoms. The van der Waals surface area contributed by atoms with E-state index in [2.05, 4.69) is 20.7 Å². The van der Waals surface area contributed by atoms with Gasteiger partial charge in [-0.2, -0.15) is 0 Å². The first-order valence-electron chi connectivity index (χ1n) is 4.83. The third-order valence-electron chi connectivity index (χ3n) is 1.74. The molecule has 0 aliphatic heterocycles. The van der Waals surface area contributed by atoms with Crippen LogP contribution >= 0.6 is 27.3 Å². The Morgan fingerprint density at radius 3 is 2.88 bits per heavy atom. The Hall–Kier alpha value is 0.0500. The van der Waals surface area contributed by atoms with Crippen LogP contribution in [-0.4, -0.2) is 33.5 Å². The summed E-state index contributed by atoms with van der Waals surface area (Å²) in [5.41, 5.74) is 0. The lowest BCUT2D eigenvalue weighted by atomic mass is 10.5. The zero-order chi connectivity index (χ0) is 11.9. The number of thiophene rings is 1. The predicted molar refractivity (Wildman–Crippen MR) is 68.7 cm³/mol. The van der Waals surface area contributed by atoms with Gasteiger partial charge in [-0.05, 0) is 17.9 Å². The van der Waals surface area contributed by atoms with E-state index >= 15 is 0 Å². The highest BCUT2D eigenvalue weighted by atomic mass is 79.9. The molecule has 0 aliphatic rings. The third-order valence-corrected chi connectivity index (χ3v) is 4.92. The smallest absolute Gasteiger partial charge is 0.250 e. The fraction of sp³-hybridized carbons (Fsp3) is 0.556. The van der Waals surface area contributed by atoms with E-state index in [0.29, 0.717) is 30.4 Å². The summed E-state index contributed by atoms with van der Waals surface area (Å²) < 4.78 is 31.4. The summed E-state index contributed by atoms with van der Waals surface area (Å²) in [4.78, 5) is 0. The highest BCUT2D eigenvalue weighted by molar-refractivity contribution is 9.09. The van der Waals surface area contributed by atoms with Crippen LogP contribution in [0.3, 0.4) is 0 Å². The summed E-state index contributed by atoms with van der Waals surface area (Å²) in [5.74, 6) is 0. The number of hydrogen-bond donors (Lipinski definition) is 1. The topological polar surface area (TPSA) is 55.4 Å². The molecule has 0 radical (unpaired) electrons. The second-order valence-electron chi connectivity index (χ2n) is 2.98. The van der Waals surface area contributed by atoms with Gasteiger partial charge in [-0.15, -0.1) is 11.3 Å². The number of alkyl halides is 1. The standard InChI is InChI=1S/C9H14BrNO3S2/c10-4-7-14-6-2-5-11-16(12,13)9-3-1-8-15-9/h1,3,8,11H,2,4-7H2. The van der Waals surface area contributed by atoms with Crippen molar-refractivity contribution in [2.24, 2.45) is 0 Å². The van der Waals surface area contributed by atoms with E-state index in [9.17, 15) is 8.42 Å². The average molecular weight is 328 g/mol. The van der Waals surface area contributed by atoms with Gasteiger partial charge in [0.05, 0.1) is 6.61 Å². The molecule has 0 aromatic carbocycles. The molecule has 1 aromatic rings. The van der Waals surface area contributed by atoms with Crippen LogP contribution in [0.1, 0.15) is 6.42 Å². The Labute approximate surface area is 108 Å². The van der Waals surface area contributed by atoms with Crippen molar-refractivity contribution in [2.75, 3.05) is 25.1 Å². The van der Waals surface area contributed by atoms with Crippen molar-refractivity contribution in [2.45, 2.75) is 10.6 Å². The molecule has 0 spiro atoms. The Morgan fingerprint density at radius 1 is 1.44 bits per heavy atom. The molecule has 1 heterocycles. The lowest BCUT2D eigenvalue weighted by Crippen LogP contribution is -2.24. The van der Waals surface area contributed by atoms with E-state index in [0.717, 1.165) is 5.33 Å². The summed E-state index contributed by atoms with van der Waals surface area (Å²) in [5, 5.41) is 2.54. The molecule has 0 atom stereocenters. The fourth-order valence-electron chi connectivity index (χ4n) is 1.02. The molecule has 0 unspecified atom stereocenters. The summed E-state index contributed by atoms with van der Waals surface area (Å²) in [6.07, 6.45) is 0.678. The first-order valence-corrected chi connectivity index (χ1v) is 8.32. The van der Waals surface area contributed by atoms with Crippen LogP contribution in [0, 0.1) is 0 Å². The van der Waals surface area contributed by atoms with Crippen LogP contribution in [-0.2, 0) is 14.8 Å². The number of halogens is 1. The van der Waals surface area contributed by atoms with Crippen molar-refractivity contribution < 1.29 is 13.2 Å². The maximum atomic E-state index is 11.6. The van der Waals surface area contributed by atoms with E-state index in [1.807, 2.05) is 0 Å². The molecule has 0 saturated carbocycles. The van der Waals surface area contributed by atoms with Gasteiger partial charge >= 0.3 is 0 Å². The Balaban J connectivity index is 2.22. The van der Waals surface area contributed by atoms with Gasteiger partial charge in [0.25, 0.3) is 0 Å². The lowest BCUT2D eigenvalue weighted by molar-refractivity contribution is 0.149. The molecule has 0 amide bonds. The molecule has 16 heavy (non-hydrogen) atoms. The summed E-state index contributed by atoms with van der Waals surface area (Å²) in [7, 11) is -3.31. The minimum Gasteiger partial charge on any atom is -0.381 e. The van der Waals surface area contributed by atoms with Crippen molar-refractivity contribution in [3.8, 4) is 0 Å². The van der Waals surface area contributed by atoms with E-state index < -0.39 is 10.0 Å². The van der Waals surface area contributed by atoms with Crippen molar-refractivity contribution in [1.29, 1.82) is 0 Å². The van der Waals surface area contributed by atoms with Gasteiger partial charge in [-0.3, -0.25) is 0 Å². The highest BCUT2D eigenvalue weighted by Crippen LogP contribution is 2.14. The van der Waals surface area contributed by atoms with Gasteiger partial charge in [0, 0.05) is 18.5 Å². The van der Waals surface area contributed by atoms with Crippen LogP contribution < -0.4 is 4.72 Å². The van der Waals surface area contributed by atoms with Crippen molar-refractivity contribution in [1.82, 2.24) is 4.72 Å². The van der Waals surface area contributed by atoms with Crippen molar-refractivity contribution in [3.63, 3.8) is 0 Å². The molecule has 92 valence electrons. The Kier molecular flexibility index (Phi) is 6.52. The number of nitrogens with one attached hydrogen (secondary N) is 1. The van der Waals surface area contributed by atoms with E-state index in [4.69, 9.17) is 4.74 Å². The zero-order valence-electron chi connectivity index (χ0n) is 8.69. The molecule has 0 aliphatic carbocycles. The molecule has 4 nitrogen and oxygen atoms in total. The average Bonchev–Trinajstić information content (AvgIpc) is 2.77. The van der Waals surface area contributed by atoms with Crippen LogP contribution in [0.15, 0.2) is 21.7 Å². The molecule has 0 bridgehead atoms. The summed E-state index contributed by atoms with van der Waals surface area (Å²) >= 11 is 4.46. The van der Waals surface area contributed by atoms with Gasteiger partial charge in [0.15, 0.2) is 0 Å². The van der Waals surface area contributed by atoms with Gasteiger partial charge in [-0.25, -0.2) is 13.1 Å². The van der Waals surface area contributed by atoms with Crippen molar-refractivity contribution >= 4 is 37.3 Å². The highest BCUT2D eigenvalue weighted by Gasteiger charge is 2.13. The summed E-state index contributed by atoms with van der Waals surface area (Å²) in [6, 6.07) is 3.31. The van der Waals surface area contributed by atoms with E-state index in [1.54, 1.807) is 17.5 Å². The molecule has 1 N–H and O–H groups in total. The van der Waals surface area contributed by atoms with Crippen LogP contribution in [0.25, 0.3) is 0 Å². The first kappa shape index (κ1) is 14.1. The van der Waals surface area contributed by atoms with Crippen LogP contribution in [0.5, 0.6) is 0 Å². The normalized spacial score (nSPS) is 11.8. The summed E-state index contributed by atoms with van der Waals surface area (Å²) in [6.45, 7) is 1.62. The number of sulfonamides is 1. The number of hydrogen-bond acceptors (Lipinski definition) is 4. The molecule has 0 saturated heterocycles. The van der Waals surface area contributed by atoms with Gasteiger partial charge < -0.3 is 4.74 Å². The van der Waals surface area contributed by atoms with E-state index in [1.165, 1.54) is 11.3 Å². The van der Waals surface area contributed by atoms with Gasteiger partial charge in [0.1, 0.15) is 4.21 Å². The third kappa shape index (κ3) is 4.92. The van der Waals surface area contributed by atoms with E-state index in [-0.39, 0.29) is 0 Å². The fourth-order valence-corrected chi connectivity index (χ4v) is 3.37. The first-order chi connectivity index (χ1) is 7.67. The lowest BCUT2D eigenvalue weighted by Gasteiger charge is -2.04. The van der Waals surface area contributed by atoms with Gasteiger partial charge in [0.2, 0.25) is 10.0 Å². The molecule has 1 aromatic heterocycles. The van der Waals surface area contributed by atoms with Gasteiger partial charge in [-0.1, -0.05) is 22.0 Å². The zero-order valence-corrected chi connectivity index (χ0v) is 11.9. The Morgan fingerprint density at radius 2 is 2.25 bits per heavy atom.